The lowest BCUT2D eigenvalue weighted by Crippen LogP contribution is -2.40. The van der Waals surface area contributed by atoms with E-state index >= 15 is 0 Å². The molecule has 1 aromatic rings. The minimum absolute atomic E-state index is 0.539. The van der Waals surface area contributed by atoms with E-state index in [0.29, 0.717) is 11.8 Å². The standard InChI is InChI=1S/C19H28N6/c1-5-21-18-3-2-14(4-7-24(18)6-1)16-9-22-19-8-15(11-25(19)12-16)17-10-20-13-23-17/h10,13-16H,1-9,11-12H2,(H,20,23). The molecule has 25 heavy (non-hydrogen) atoms. The molecule has 134 valence electrons. The Labute approximate surface area is 149 Å². The first kappa shape index (κ1) is 15.4. The van der Waals surface area contributed by atoms with Crippen LogP contribution in [0.5, 0.6) is 0 Å². The summed E-state index contributed by atoms with van der Waals surface area (Å²) in [6.45, 7) is 6.78. The summed E-state index contributed by atoms with van der Waals surface area (Å²) in [5.41, 5.74) is 1.26. The molecular formula is C19H28N6. The molecule has 5 rings (SSSR count). The van der Waals surface area contributed by atoms with Crippen LogP contribution in [0.2, 0.25) is 0 Å². The van der Waals surface area contributed by atoms with E-state index in [1.807, 2.05) is 6.20 Å². The van der Waals surface area contributed by atoms with Crippen LogP contribution in [0.15, 0.2) is 22.5 Å². The van der Waals surface area contributed by atoms with Gasteiger partial charge in [0.2, 0.25) is 0 Å². The van der Waals surface area contributed by atoms with Crippen molar-refractivity contribution in [2.24, 2.45) is 21.8 Å². The summed E-state index contributed by atoms with van der Waals surface area (Å²) in [5, 5.41) is 0. The number of hydrogen-bond acceptors (Lipinski definition) is 5. The van der Waals surface area contributed by atoms with Crippen LogP contribution in [0.1, 0.15) is 43.7 Å². The molecule has 0 bridgehead atoms. The van der Waals surface area contributed by atoms with Gasteiger partial charge in [-0.3, -0.25) is 9.98 Å². The number of nitrogens with zero attached hydrogens (tertiary/aromatic N) is 5. The maximum absolute atomic E-state index is 4.99. The number of nitrogens with one attached hydrogen (secondary N) is 1. The zero-order valence-electron chi connectivity index (χ0n) is 14.9. The van der Waals surface area contributed by atoms with Crippen molar-refractivity contribution in [1.82, 2.24) is 19.8 Å². The van der Waals surface area contributed by atoms with Gasteiger partial charge in [-0.15, -0.1) is 0 Å². The zero-order valence-corrected chi connectivity index (χ0v) is 14.9. The quantitative estimate of drug-likeness (QED) is 0.897. The molecule has 4 aliphatic rings. The molecule has 0 saturated carbocycles. The number of imidazole rings is 1. The topological polar surface area (TPSA) is 59.9 Å². The SMILES string of the molecule is c1ncc(C2CC3=NCC(C4CCC5=NCCCN5CC4)CN3C2)[nH]1. The molecule has 3 unspecified atom stereocenters. The molecule has 2 saturated heterocycles. The third-order valence-corrected chi connectivity index (χ3v) is 6.58. The predicted octanol–water partition coefficient (Wildman–Crippen LogP) is 2.13. The van der Waals surface area contributed by atoms with Crippen LogP contribution in [-0.2, 0) is 0 Å². The molecule has 0 amide bonds. The highest BCUT2D eigenvalue weighted by atomic mass is 15.2. The van der Waals surface area contributed by atoms with Crippen molar-refractivity contribution in [3.63, 3.8) is 0 Å². The minimum atomic E-state index is 0.539. The van der Waals surface area contributed by atoms with Gasteiger partial charge in [0.15, 0.2) is 0 Å². The molecule has 4 aliphatic heterocycles. The fourth-order valence-corrected chi connectivity index (χ4v) is 5.12. The van der Waals surface area contributed by atoms with Crippen molar-refractivity contribution in [3.8, 4) is 0 Å². The Kier molecular flexibility index (Phi) is 3.98. The van der Waals surface area contributed by atoms with Crippen LogP contribution in [0, 0.1) is 11.8 Å². The van der Waals surface area contributed by atoms with E-state index in [2.05, 4.69) is 19.8 Å². The number of aliphatic imine (C=N–C) groups is 2. The number of aromatic amines is 1. The summed E-state index contributed by atoms with van der Waals surface area (Å²) in [7, 11) is 0. The third kappa shape index (κ3) is 2.96. The van der Waals surface area contributed by atoms with Crippen molar-refractivity contribution in [2.45, 2.75) is 38.0 Å². The number of amidine groups is 2. The first-order chi connectivity index (χ1) is 12.4. The molecule has 0 aliphatic carbocycles. The highest BCUT2D eigenvalue weighted by Gasteiger charge is 2.37. The normalized spacial score (nSPS) is 32.6. The van der Waals surface area contributed by atoms with E-state index in [-0.39, 0.29) is 0 Å². The number of aromatic nitrogens is 2. The van der Waals surface area contributed by atoms with Crippen molar-refractivity contribution in [1.29, 1.82) is 0 Å². The summed E-state index contributed by atoms with van der Waals surface area (Å²) in [6, 6.07) is 0. The predicted molar refractivity (Wildman–Crippen MR) is 99.1 cm³/mol. The van der Waals surface area contributed by atoms with Crippen molar-refractivity contribution in [3.05, 3.63) is 18.2 Å². The van der Waals surface area contributed by atoms with Crippen LogP contribution < -0.4 is 0 Å². The van der Waals surface area contributed by atoms with Crippen LogP contribution in [0.3, 0.4) is 0 Å². The Bertz CT molecular complexity index is 663. The van der Waals surface area contributed by atoms with Gasteiger partial charge < -0.3 is 14.8 Å². The molecule has 3 atom stereocenters. The van der Waals surface area contributed by atoms with Gasteiger partial charge >= 0.3 is 0 Å². The van der Waals surface area contributed by atoms with E-state index in [1.54, 1.807) is 6.33 Å². The summed E-state index contributed by atoms with van der Waals surface area (Å²) >= 11 is 0. The molecule has 5 heterocycles. The first-order valence-corrected chi connectivity index (χ1v) is 9.91. The largest absolute Gasteiger partial charge is 0.360 e. The van der Waals surface area contributed by atoms with Crippen LogP contribution in [0.4, 0.5) is 0 Å². The Hall–Kier alpha value is -1.85. The molecule has 0 radical (unpaired) electrons. The summed E-state index contributed by atoms with van der Waals surface area (Å²) in [4.78, 5) is 22.3. The fourth-order valence-electron chi connectivity index (χ4n) is 5.12. The Morgan fingerprint density at radius 2 is 2.00 bits per heavy atom. The van der Waals surface area contributed by atoms with Gasteiger partial charge in [0.1, 0.15) is 0 Å². The van der Waals surface area contributed by atoms with E-state index in [1.165, 1.54) is 62.7 Å². The van der Waals surface area contributed by atoms with Gasteiger partial charge in [0, 0.05) is 69.9 Å². The van der Waals surface area contributed by atoms with E-state index in [9.17, 15) is 0 Å². The molecule has 6 heteroatoms. The Morgan fingerprint density at radius 1 is 1.00 bits per heavy atom. The number of H-pyrrole nitrogens is 1. The van der Waals surface area contributed by atoms with Crippen molar-refractivity contribution in [2.75, 3.05) is 39.3 Å². The molecule has 6 nitrogen and oxygen atoms in total. The van der Waals surface area contributed by atoms with Crippen molar-refractivity contribution >= 4 is 11.7 Å². The maximum Gasteiger partial charge on any atom is 0.0996 e. The van der Waals surface area contributed by atoms with Gasteiger partial charge in [0.25, 0.3) is 0 Å². The second kappa shape index (κ2) is 6.46. The number of rotatable bonds is 2. The Balaban J connectivity index is 1.24. The second-order valence-corrected chi connectivity index (χ2v) is 8.06. The van der Waals surface area contributed by atoms with E-state index in [0.717, 1.165) is 32.0 Å². The molecule has 1 N–H and O–H groups in total. The van der Waals surface area contributed by atoms with Gasteiger partial charge in [-0.25, -0.2) is 4.98 Å². The fraction of sp³-hybridized carbons (Fsp3) is 0.737. The van der Waals surface area contributed by atoms with Crippen LogP contribution in [-0.4, -0.2) is 70.7 Å². The third-order valence-electron chi connectivity index (χ3n) is 6.58. The zero-order chi connectivity index (χ0) is 16.6. The second-order valence-electron chi connectivity index (χ2n) is 8.06. The van der Waals surface area contributed by atoms with E-state index in [4.69, 9.17) is 9.98 Å². The minimum Gasteiger partial charge on any atom is -0.360 e. The average Bonchev–Trinajstić information content (AvgIpc) is 3.26. The lowest BCUT2D eigenvalue weighted by molar-refractivity contribution is 0.229. The smallest absolute Gasteiger partial charge is 0.0996 e. The highest BCUT2D eigenvalue weighted by molar-refractivity contribution is 5.86. The number of hydrogen-bond donors (Lipinski definition) is 1. The van der Waals surface area contributed by atoms with E-state index < -0.39 is 0 Å². The lowest BCUT2D eigenvalue weighted by Gasteiger charge is -2.34. The van der Waals surface area contributed by atoms with Gasteiger partial charge in [0.05, 0.1) is 18.0 Å². The number of fused-ring (bicyclic) bond motifs is 2. The summed E-state index contributed by atoms with van der Waals surface area (Å²) in [5.74, 6) is 4.76. The van der Waals surface area contributed by atoms with Crippen LogP contribution >= 0.6 is 0 Å². The molecular weight excluding hydrogens is 312 g/mol. The molecule has 2 fully saturated rings. The van der Waals surface area contributed by atoms with Crippen molar-refractivity contribution < 1.29 is 0 Å². The average molecular weight is 340 g/mol. The monoisotopic (exact) mass is 340 g/mol. The summed E-state index contributed by atoms with van der Waals surface area (Å²) < 4.78 is 0. The maximum atomic E-state index is 4.99. The highest BCUT2D eigenvalue weighted by Crippen LogP contribution is 2.35. The van der Waals surface area contributed by atoms with Crippen LogP contribution in [0.25, 0.3) is 0 Å². The van der Waals surface area contributed by atoms with Gasteiger partial charge in [-0.05, 0) is 31.1 Å². The lowest BCUT2D eigenvalue weighted by atomic mass is 9.85. The molecule has 0 spiro atoms. The molecule has 1 aromatic heterocycles. The van der Waals surface area contributed by atoms with Gasteiger partial charge in [-0.2, -0.15) is 0 Å². The summed E-state index contributed by atoms with van der Waals surface area (Å²) in [6.07, 6.45) is 9.85. The first-order valence-electron chi connectivity index (χ1n) is 9.91. The molecule has 0 aromatic carbocycles. The Morgan fingerprint density at radius 3 is 2.92 bits per heavy atom. The van der Waals surface area contributed by atoms with Gasteiger partial charge in [-0.1, -0.05) is 0 Å².